The Labute approximate surface area is 154 Å². The largest absolute Gasteiger partial charge is 0.369 e. The number of carbonyl (C=O) groups excluding carboxylic acids is 1. The molecule has 0 saturated carbocycles. The molecule has 1 amide bonds. The minimum atomic E-state index is -0.279. The third kappa shape index (κ3) is 2.37. The predicted octanol–water partition coefficient (Wildman–Crippen LogP) is 1.35. The Hall–Kier alpha value is -3.42. The number of nitrogens with two attached hydrogens (primary N) is 2. The lowest BCUT2D eigenvalue weighted by molar-refractivity contribution is -0.122. The number of hydrogen-bond acceptors (Lipinski definition) is 6. The highest BCUT2D eigenvalue weighted by atomic mass is 16.6. The summed E-state index contributed by atoms with van der Waals surface area (Å²) < 4.78 is 1.62. The quantitative estimate of drug-likeness (QED) is 0.781. The fourth-order valence-electron chi connectivity index (χ4n) is 4.09. The molecule has 1 unspecified atom stereocenters. The van der Waals surface area contributed by atoms with Crippen molar-refractivity contribution in [3.05, 3.63) is 52.8 Å². The number of allylic oxidation sites excluding steroid dienone is 5. The summed E-state index contributed by atoms with van der Waals surface area (Å²) in [6.07, 6.45) is 11.8. The highest BCUT2D eigenvalue weighted by Gasteiger charge is 2.30. The number of carbonyl (C=O) groups is 1. The molecule has 5 rings (SSSR count). The molecular weight excluding hydrogens is 344 g/mol. The summed E-state index contributed by atoms with van der Waals surface area (Å²) in [6, 6.07) is 0. The summed E-state index contributed by atoms with van der Waals surface area (Å²) >= 11 is 0. The normalized spacial score (nSPS) is 20.9. The first-order valence-corrected chi connectivity index (χ1v) is 8.87. The van der Waals surface area contributed by atoms with E-state index in [1.165, 1.54) is 6.33 Å². The van der Waals surface area contributed by atoms with E-state index in [2.05, 4.69) is 21.2 Å². The highest BCUT2D eigenvalue weighted by molar-refractivity contribution is 5.96. The first-order valence-electron chi connectivity index (χ1n) is 8.87. The van der Waals surface area contributed by atoms with Gasteiger partial charge in [0.15, 0.2) is 11.4 Å². The zero-order chi connectivity index (χ0) is 18.5. The van der Waals surface area contributed by atoms with Gasteiger partial charge < -0.3 is 16.4 Å². The molecule has 3 heterocycles. The van der Waals surface area contributed by atoms with Crippen LogP contribution in [-0.2, 0) is 22.5 Å². The van der Waals surface area contributed by atoms with Crippen LogP contribution in [-0.4, -0.2) is 26.8 Å². The molecule has 4 N–H and O–H groups in total. The number of aromatic nitrogens is 3. The molecule has 0 spiro atoms. The van der Waals surface area contributed by atoms with Crippen LogP contribution in [0.2, 0.25) is 0 Å². The number of oxime groups is 1. The van der Waals surface area contributed by atoms with Gasteiger partial charge in [0.25, 0.3) is 0 Å². The van der Waals surface area contributed by atoms with Crippen LogP contribution < -0.4 is 11.6 Å². The van der Waals surface area contributed by atoms with E-state index in [9.17, 15) is 4.79 Å². The summed E-state index contributed by atoms with van der Waals surface area (Å²) in [6.45, 7) is 0. The molecule has 0 fully saturated rings. The number of amides is 1. The van der Waals surface area contributed by atoms with Crippen molar-refractivity contribution in [3.8, 4) is 0 Å². The van der Waals surface area contributed by atoms with E-state index >= 15 is 0 Å². The fraction of sp³-hybridized carbons (Fsp3) is 0.263. The topological polar surface area (TPSA) is 121 Å². The van der Waals surface area contributed by atoms with Crippen LogP contribution in [0.1, 0.15) is 29.8 Å². The van der Waals surface area contributed by atoms with Gasteiger partial charge in [-0.2, -0.15) is 0 Å². The van der Waals surface area contributed by atoms with Crippen LogP contribution in [0.4, 0.5) is 0 Å². The minimum Gasteiger partial charge on any atom is -0.369 e. The van der Waals surface area contributed by atoms with Crippen molar-refractivity contribution in [1.29, 1.82) is 0 Å². The Morgan fingerprint density at radius 2 is 2.22 bits per heavy atom. The van der Waals surface area contributed by atoms with Crippen LogP contribution in [0.3, 0.4) is 0 Å². The second kappa shape index (κ2) is 5.80. The van der Waals surface area contributed by atoms with Crippen LogP contribution in [0, 0.1) is 5.92 Å². The summed E-state index contributed by atoms with van der Waals surface area (Å²) in [5.41, 5.74) is 11.0. The van der Waals surface area contributed by atoms with Gasteiger partial charge >= 0.3 is 0 Å². The van der Waals surface area contributed by atoms with Crippen molar-refractivity contribution in [2.45, 2.75) is 25.7 Å². The number of rotatable bonds is 2. The number of nitrogen functional groups attached to an aromatic ring is 1. The average Bonchev–Trinajstić information content (AvgIpc) is 2.99. The van der Waals surface area contributed by atoms with Gasteiger partial charge in [0.1, 0.15) is 6.33 Å². The molecule has 2 aromatic rings. The van der Waals surface area contributed by atoms with Crippen LogP contribution in [0.25, 0.3) is 16.6 Å². The number of nitrogens with zero attached hydrogens (tertiary/aromatic N) is 4. The van der Waals surface area contributed by atoms with Gasteiger partial charge in [-0.25, -0.2) is 14.6 Å². The summed E-state index contributed by atoms with van der Waals surface area (Å²) in [5, 5.41) is 4.74. The molecule has 136 valence electrons. The Morgan fingerprint density at radius 3 is 3.07 bits per heavy atom. The molecule has 3 aliphatic rings. The van der Waals surface area contributed by atoms with E-state index in [1.54, 1.807) is 10.9 Å². The molecule has 0 saturated heterocycles. The lowest BCUT2D eigenvalue weighted by atomic mass is 9.85. The number of fused-ring (bicyclic) bond motifs is 4. The van der Waals surface area contributed by atoms with Gasteiger partial charge in [-0.3, -0.25) is 4.79 Å². The molecule has 2 aromatic heterocycles. The maximum Gasteiger partial charge on any atom is 0.220 e. The molecule has 27 heavy (non-hydrogen) atoms. The Bertz CT molecular complexity index is 1110. The second-order valence-electron chi connectivity index (χ2n) is 6.97. The molecule has 8 nitrogen and oxygen atoms in total. The van der Waals surface area contributed by atoms with Crippen molar-refractivity contribution < 1.29 is 9.63 Å². The molecule has 2 aliphatic carbocycles. The summed E-state index contributed by atoms with van der Waals surface area (Å²) in [5.74, 6) is 6.56. The number of primary amides is 1. The van der Waals surface area contributed by atoms with Gasteiger partial charge in [0, 0.05) is 22.8 Å². The monoisotopic (exact) mass is 362 g/mol. The smallest absolute Gasteiger partial charge is 0.220 e. The van der Waals surface area contributed by atoms with Gasteiger partial charge in [-0.1, -0.05) is 11.2 Å². The third-order valence-electron chi connectivity index (χ3n) is 5.48. The van der Waals surface area contributed by atoms with Crippen molar-refractivity contribution in [1.82, 2.24) is 14.6 Å². The highest BCUT2D eigenvalue weighted by Crippen LogP contribution is 2.38. The van der Waals surface area contributed by atoms with E-state index in [1.807, 2.05) is 12.2 Å². The van der Waals surface area contributed by atoms with Gasteiger partial charge in [-0.05, 0) is 43.4 Å². The maximum absolute atomic E-state index is 11.7. The van der Waals surface area contributed by atoms with Crippen molar-refractivity contribution in [3.63, 3.8) is 0 Å². The standard InChI is InChI=1S/C19H18N6O2/c20-18(26)12-3-4-14-13(7-12)16-17(22-9-23-19(16)25(14)21)11-2-1-10-5-6-24-27-15(10)8-11/h2,5-6,8-9,12H,1,3-4,7,21H2,(H2,20,26). The average molecular weight is 362 g/mol. The molecule has 0 bridgehead atoms. The SMILES string of the molecule is NC(=O)C1CCc2c(c3c(C4=CCC5=CC=NOC5=C4)ncnc3n2N)C1. The van der Waals surface area contributed by atoms with Crippen molar-refractivity contribution in [2.24, 2.45) is 16.8 Å². The summed E-state index contributed by atoms with van der Waals surface area (Å²) in [7, 11) is 0. The van der Waals surface area contributed by atoms with Crippen LogP contribution >= 0.6 is 0 Å². The molecule has 0 aromatic carbocycles. The van der Waals surface area contributed by atoms with Crippen LogP contribution in [0.15, 0.2) is 41.0 Å². The first-order chi connectivity index (χ1) is 13.1. The Kier molecular flexibility index (Phi) is 3.40. The van der Waals surface area contributed by atoms with Gasteiger partial charge in [0.2, 0.25) is 5.91 Å². The van der Waals surface area contributed by atoms with E-state index in [-0.39, 0.29) is 11.8 Å². The lowest BCUT2D eigenvalue weighted by Crippen LogP contribution is -2.29. The van der Waals surface area contributed by atoms with Crippen molar-refractivity contribution in [2.75, 3.05) is 5.84 Å². The maximum atomic E-state index is 11.7. The summed E-state index contributed by atoms with van der Waals surface area (Å²) in [4.78, 5) is 26.1. The zero-order valence-corrected chi connectivity index (χ0v) is 14.6. The second-order valence-corrected chi connectivity index (χ2v) is 6.97. The molecule has 1 atom stereocenters. The number of hydrogen-bond donors (Lipinski definition) is 2. The van der Waals surface area contributed by atoms with E-state index < -0.39 is 0 Å². The van der Waals surface area contributed by atoms with E-state index in [0.717, 1.165) is 45.7 Å². The lowest BCUT2D eigenvalue weighted by Gasteiger charge is -2.21. The molecule has 0 radical (unpaired) electrons. The van der Waals surface area contributed by atoms with Gasteiger partial charge in [-0.15, -0.1) is 0 Å². The van der Waals surface area contributed by atoms with E-state index in [0.29, 0.717) is 24.9 Å². The Morgan fingerprint density at radius 1 is 1.33 bits per heavy atom. The van der Waals surface area contributed by atoms with E-state index in [4.69, 9.17) is 16.4 Å². The van der Waals surface area contributed by atoms with Gasteiger partial charge in [0.05, 0.1) is 17.3 Å². The molecule has 1 aliphatic heterocycles. The Balaban J connectivity index is 1.68. The van der Waals surface area contributed by atoms with Crippen LogP contribution in [0.5, 0.6) is 0 Å². The zero-order valence-electron chi connectivity index (χ0n) is 14.6. The molecular formula is C19H18N6O2. The van der Waals surface area contributed by atoms with Crippen molar-refractivity contribution >= 4 is 28.7 Å². The minimum absolute atomic E-state index is 0.194. The fourth-order valence-corrected chi connectivity index (χ4v) is 4.09. The third-order valence-corrected chi connectivity index (χ3v) is 5.48. The molecule has 8 heteroatoms. The first kappa shape index (κ1) is 15.8. The predicted molar refractivity (Wildman–Crippen MR) is 101 cm³/mol.